The first-order valence-electron chi connectivity index (χ1n) is 7.29. The lowest BCUT2D eigenvalue weighted by Gasteiger charge is -2.28. The molecule has 0 unspecified atom stereocenters. The second-order valence-electron chi connectivity index (χ2n) is 5.07. The zero-order valence-corrected chi connectivity index (χ0v) is 12.9. The molecule has 1 saturated heterocycles. The van der Waals surface area contributed by atoms with E-state index < -0.39 is 0 Å². The number of aromatic nitrogens is 1. The third-order valence-corrected chi connectivity index (χ3v) is 4.41. The molecule has 1 aromatic carbocycles. The molecule has 1 N–H and O–H groups in total. The summed E-state index contributed by atoms with van der Waals surface area (Å²) in [7, 11) is 0. The van der Waals surface area contributed by atoms with E-state index in [9.17, 15) is 4.79 Å². The predicted octanol–water partition coefficient (Wildman–Crippen LogP) is 2.87. The lowest BCUT2D eigenvalue weighted by atomic mass is 10.2. The van der Waals surface area contributed by atoms with Crippen LogP contribution in [0.1, 0.15) is 19.8 Å². The summed E-state index contributed by atoms with van der Waals surface area (Å²) in [5.74, 6) is 0.0324. The number of carbonyl (C=O) groups is 1. The lowest BCUT2D eigenvalue weighted by molar-refractivity contribution is -0.116. The van der Waals surface area contributed by atoms with Gasteiger partial charge in [-0.1, -0.05) is 18.3 Å². The van der Waals surface area contributed by atoms with E-state index in [1.54, 1.807) is 0 Å². The number of thiazole rings is 1. The van der Waals surface area contributed by atoms with Gasteiger partial charge in [-0.2, -0.15) is 0 Å². The third kappa shape index (κ3) is 3.33. The highest BCUT2D eigenvalue weighted by atomic mass is 32.1. The number of anilines is 2. The van der Waals surface area contributed by atoms with Gasteiger partial charge in [0, 0.05) is 25.2 Å². The highest BCUT2D eigenvalue weighted by Crippen LogP contribution is 2.30. The molecule has 21 heavy (non-hydrogen) atoms. The Hall–Kier alpha value is -1.66. The van der Waals surface area contributed by atoms with Crippen LogP contribution < -0.4 is 10.2 Å². The van der Waals surface area contributed by atoms with Gasteiger partial charge in [0.1, 0.15) is 0 Å². The Morgan fingerprint density at radius 1 is 1.43 bits per heavy atom. The average Bonchev–Trinajstić information content (AvgIpc) is 2.89. The molecular formula is C15H19N3O2S. The first kappa shape index (κ1) is 14.3. The number of benzene rings is 1. The minimum absolute atomic E-state index is 0.0324. The summed E-state index contributed by atoms with van der Waals surface area (Å²) >= 11 is 1.53. The maximum absolute atomic E-state index is 11.6. The Labute approximate surface area is 127 Å². The second kappa shape index (κ2) is 6.41. The molecule has 3 rings (SSSR count). The summed E-state index contributed by atoms with van der Waals surface area (Å²) in [6, 6.07) is 6.25. The molecule has 2 aromatic rings. The van der Waals surface area contributed by atoms with Gasteiger partial charge >= 0.3 is 0 Å². The highest BCUT2D eigenvalue weighted by molar-refractivity contribution is 7.22. The summed E-state index contributed by atoms with van der Waals surface area (Å²) in [5, 5.41) is 3.55. The van der Waals surface area contributed by atoms with Crippen LogP contribution in [0.4, 0.5) is 10.8 Å². The molecule has 6 heteroatoms. The number of nitrogens with zero attached hydrogens (tertiary/aromatic N) is 2. The van der Waals surface area contributed by atoms with E-state index in [1.807, 2.05) is 13.0 Å². The maximum Gasteiger partial charge on any atom is 0.226 e. The number of rotatable bonds is 4. The summed E-state index contributed by atoms with van der Waals surface area (Å²) < 4.78 is 6.48. The molecule has 0 radical (unpaired) electrons. The fraction of sp³-hybridized carbons (Fsp3) is 0.467. The van der Waals surface area contributed by atoms with Crippen molar-refractivity contribution >= 4 is 38.3 Å². The summed E-state index contributed by atoms with van der Waals surface area (Å²) in [5.41, 5.74) is 2.13. The van der Waals surface area contributed by atoms with Gasteiger partial charge in [0.05, 0.1) is 23.4 Å². The number of morpholine rings is 1. The van der Waals surface area contributed by atoms with E-state index in [2.05, 4.69) is 27.3 Å². The van der Waals surface area contributed by atoms with Crippen LogP contribution >= 0.6 is 11.3 Å². The normalized spacial score (nSPS) is 15.4. The summed E-state index contributed by atoms with van der Waals surface area (Å²) in [6.07, 6.45) is 1.38. The van der Waals surface area contributed by atoms with Crippen molar-refractivity contribution in [2.75, 3.05) is 36.5 Å². The standard InChI is InChI=1S/C15H19N3O2S/c1-2-3-14(19)17-15-16-12-5-4-11(10-13(12)21-15)18-6-8-20-9-7-18/h4-5,10H,2-3,6-9H2,1H3,(H,16,17,19). The Morgan fingerprint density at radius 3 is 3.00 bits per heavy atom. The lowest BCUT2D eigenvalue weighted by Crippen LogP contribution is -2.36. The molecule has 1 aliphatic heterocycles. The van der Waals surface area contributed by atoms with Crippen molar-refractivity contribution in [3.05, 3.63) is 18.2 Å². The van der Waals surface area contributed by atoms with Crippen LogP contribution in [0.5, 0.6) is 0 Å². The highest BCUT2D eigenvalue weighted by Gasteiger charge is 2.13. The van der Waals surface area contributed by atoms with Gasteiger partial charge in [-0.3, -0.25) is 4.79 Å². The Bertz CT molecular complexity index is 635. The van der Waals surface area contributed by atoms with E-state index in [0.29, 0.717) is 11.6 Å². The Kier molecular flexibility index (Phi) is 4.36. The van der Waals surface area contributed by atoms with Crippen molar-refractivity contribution in [3.63, 3.8) is 0 Å². The SMILES string of the molecule is CCCC(=O)Nc1nc2ccc(N3CCOCC3)cc2s1. The fourth-order valence-electron chi connectivity index (χ4n) is 2.39. The molecule has 1 amide bonds. The van der Waals surface area contributed by atoms with Crippen LogP contribution in [0.3, 0.4) is 0 Å². The van der Waals surface area contributed by atoms with Crippen molar-refractivity contribution in [2.24, 2.45) is 0 Å². The Balaban J connectivity index is 1.79. The molecule has 0 atom stereocenters. The van der Waals surface area contributed by atoms with Crippen LogP contribution in [-0.4, -0.2) is 37.2 Å². The topological polar surface area (TPSA) is 54.5 Å². The molecule has 2 heterocycles. The summed E-state index contributed by atoms with van der Waals surface area (Å²) in [4.78, 5) is 18.4. The van der Waals surface area contributed by atoms with Crippen LogP contribution in [-0.2, 0) is 9.53 Å². The largest absolute Gasteiger partial charge is 0.378 e. The molecule has 0 spiro atoms. The van der Waals surface area contributed by atoms with Gasteiger partial charge < -0.3 is 15.0 Å². The Morgan fingerprint density at radius 2 is 2.24 bits per heavy atom. The molecule has 5 nitrogen and oxygen atoms in total. The molecule has 112 valence electrons. The molecule has 0 aliphatic carbocycles. The van der Waals surface area contributed by atoms with E-state index in [4.69, 9.17) is 4.74 Å². The molecule has 1 aromatic heterocycles. The van der Waals surface area contributed by atoms with Crippen LogP contribution in [0, 0.1) is 0 Å². The zero-order valence-electron chi connectivity index (χ0n) is 12.1. The molecule has 1 fully saturated rings. The number of carbonyl (C=O) groups excluding carboxylic acids is 1. The summed E-state index contributed by atoms with van der Waals surface area (Å²) in [6.45, 7) is 5.39. The maximum atomic E-state index is 11.6. The average molecular weight is 305 g/mol. The molecule has 1 aliphatic rings. The molecule has 0 saturated carbocycles. The van der Waals surface area contributed by atoms with Gasteiger partial charge in [0.2, 0.25) is 5.91 Å². The molecular weight excluding hydrogens is 286 g/mol. The van der Waals surface area contributed by atoms with Crippen LogP contribution in [0.2, 0.25) is 0 Å². The fourth-order valence-corrected chi connectivity index (χ4v) is 3.31. The number of fused-ring (bicyclic) bond motifs is 1. The minimum Gasteiger partial charge on any atom is -0.378 e. The van der Waals surface area contributed by atoms with Crippen molar-refractivity contribution < 1.29 is 9.53 Å². The van der Waals surface area contributed by atoms with E-state index >= 15 is 0 Å². The quantitative estimate of drug-likeness (QED) is 0.943. The number of amides is 1. The van der Waals surface area contributed by atoms with E-state index in [0.717, 1.165) is 42.9 Å². The zero-order chi connectivity index (χ0) is 14.7. The van der Waals surface area contributed by atoms with Crippen molar-refractivity contribution in [1.29, 1.82) is 0 Å². The second-order valence-corrected chi connectivity index (χ2v) is 6.10. The van der Waals surface area contributed by atoms with E-state index in [-0.39, 0.29) is 5.91 Å². The number of hydrogen-bond donors (Lipinski definition) is 1. The number of nitrogens with one attached hydrogen (secondary N) is 1. The number of hydrogen-bond acceptors (Lipinski definition) is 5. The van der Waals surface area contributed by atoms with Crippen LogP contribution in [0.15, 0.2) is 18.2 Å². The van der Waals surface area contributed by atoms with Gasteiger partial charge in [0.25, 0.3) is 0 Å². The van der Waals surface area contributed by atoms with Gasteiger partial charge in [-0.15, -0.1) is 0 Å². The van der Waals surface area contributed by atoms with Gasteiger partial charge in [0.15, 0.2) is 5.13 Å². The number of ether oxygens (including phenoxy) is 1. The first-order valence-corrected chi connectivity index (χ1v) is 8.11. The monoisotopic (exact) mass is 305 g/mol. The van der Waals surface area contributed by atoms with Crippen LogP contribution in [0.25, 0.3) is 10.2 Å². The van der Waals surface area contributed by atoms with Crippen molar-refractivity contribution in [2.45, 2.75) is 19.8 Å². The van der Waals surface area contributed by atoms with E-state index in [1.165, 1.54) is 17.0 Å². The third-order valence-electron chi connectivity index (χ3n) is 3.47. The molecule has 0 bridgehead atoms. The van der Waals surface area contributed by atoms with Crippen molar-refractivity contribution in [1.82, 2.24) is 4.98 Å². The van der Waals surface area contributed by atoms with Crippen molar-refractivity contribution in [3.8, 4) is 0 Å². The predicted molar refractivity (Wildman–Crippen MR) is 86.2 cm³/mol. The smallest absolute Gasteiger partial charge is 0.226 e. The minimum atomic E-state index is 0.0324. The van der Waals surface area contributed by atoms with Gasteiger partial charge in [-0.25, -0.2) is 4.98 Å². The van der Waals surface area contributed by atoms with Gasteiger partial charge in [-0.05, 0) is 24.6 Å². The first-order chi connectivity index (χ1) is 10.3.